The molecule has 0 heterocycles. The molecule has 0 radical (unpaired) electrons. The molecule has 1 aliphatic carbocycles. The van der Waals surface area contributed by atoms with Crippen molar-refractivity contribution in [1.29, 1.82) is 0 Å². The second-order valence-electron chi connectivity index (χ2n) is 6.19. The van der Waals surface area contributed by atoms with Crippen LogP contribution in [0.4, 0.5) is 13.2 Å². The van der Waals surface area contributed by atoms with Crippen molar-refractivity contribution in [2.75, 3.05) is 0 Å². The van der Waals surface area contributed by atoms with Crippen LogP contribution in [-0.2, 0) is 27.5 Å². The molecule has 2 aromatic rings. The molecule has 0 amide bonds. The summed E-state index contributed by atoms with van der Waals surface area (Å²) in [6, 6.07) is 9.53. The lowest BCUT2D eigenvalue weighted by atomic mass is 10.1. The molecular weight excluding hydrogens is 383 g/mol. The summed E-state index contributed by atoms with van der Waals surface area (Å²) in [5.41, 5.74) is -0.231. The summed E-state index contributed by atoms with van der Waals surface area (Å²) in [6.07, 6.45) is -2.80. The highest BCUT2D eigenvalue weighted by Gasteiger charge is 2.30. The summed E-state index contributed by atoms with van der Waals surface area (Å²) in [4.78, 5) is 12.1. The van der Waals surface area contributed by atoms with Crippen molar-refractivity contribution >= 4 is 16.0 Å². The molecule has 2 aromatic carbocycles. The standard InChI is InChI=1S/C18H16F3NO4S/c19-18(20,21)14-5-1-12(2-6-14)11-26-17(23)13-3-9-16(10-4-13)27(24,25)22-15-7-8-15/h1-6,9-10,15,22H,7-8,11H2. The first-order valence-corrected chi connectivity index (χ1v) is 9.59. The lowest BCUT2D eigenvalue weighted by Gasteiger charge is -2.09. The number of halogens is 3. The van der Waals surface area contributed by atoms with Crippen LogP contribution >= 0.6 is 0 Å². The number of benzene rings is 2. The molecule has 3 rings (SSSR count). The Labute approximate surface area is 154 Å². The third-order valence-corrected chi connectivity index (χ3v) is 5.49. The van der Waals surface area contributed by atoms with Crippen LogP contribution in [0.15, 0.2) is 53.4 Å². The van der Waals surface area contributed by atoms with E-state index in [1.165, 1.54) is 36.4 Å². The Bertz CT molecular complexity index is 919. The van der Waals surface area contributed by atoms with Crippen molar-refractivity contribution in [2.24, 2.45) is 0 Å². The van der Waals surface area contributed by atoms with E-state index in [0.29, 0.717) is 5.56 Å². The van der Waals surface area contributed by atoms with Gasteiger partial charge in [-0.3, -0.25) is 0 Å². The molecule has 9 heteroatoms. The van der Waals surface area contributed by atoms with Gasteiger partial charge in [-0.05, 0) is 54.8 Å². The maximum atomic E-state index is 12.5. The zero-order valence-electron chi connectivity index (χ0n) is 14.0. The molecular formula is C18H16F3NO4S. The minimum atomic E-state index is -4.42. The second-order valence-corrected chi connectivity index (χ2v) is 7.90. The smallest absolute Gasteiger partial charge is 0.416 e. The molecule has 5 nitrogen and oxygen atoms in total. The average Bonchev–Trinajstić information content (AvgIpc) is 3.42. The minimum Gasteiger partial charge on any atom is -0.457 e. The quantitative estimate of drug-likeness (QED) is 0.755. The predicted octanol–water partition coefficient (Wildman–Crippen LogP) is 3.50. The van der Waals surface area contributed by atoms with Gasteiger partial charge in [-0.1, -0.05) is 12.1 Å². The zero-order chi connectivity index (χ0) is 19.7. The topological polar surface area (TPSA) is 72.5 Å². The van der Waals surface area contributed by atoms with Crippen molar-refractivity contribution in [3.05, 3.63) is 65.2 Å². The molecule has 0 saturated heterocycles. The number of alkyl halides is 3. The normalized spacial score (nSPS) is 14.8. The number of sulfonamides is 1. The van der Waals surface area contributed by atoms with Gasteiger partial charge in [-0.15, -0.1) is 0 Å². The molecule has 27 heavy (non-hydrogen) atoms. The zero-order valence-corrected chi connectivity index (χ0v) is 14.8. The fourth-order valence-electron chi connectivity index (χ4n) is 2.28. The molecule has 0 atom stereocenters. The van der Waals surface area contributed by atoms with Crippen LogP contribution in [-0.4, -0.2) is 20.4 Å². The Morgan fingerprint density at radius 3 is 2.15 bits per heavy atom. The third-order valence-electron chi connectivity index (χ3n) is 3.95. The van der Waals surface area contributed by atoms with Crippen LogP contribution < -0.4 is 4.72 Å². The van der Waals surface area contributed by atoms with Gasteiger partial charge in [-0.25, -0.2) is 17.9 Å². The lowest BCUT2D eigenvalue weighted by Crippen LogP contribution is -2.25. The van der Waals surface area contributed by atoms with Crippen LogP contribution in [0.2, 0.25) is 0 Å². The fraction of sp³-hybridized carbons (Fsp3) is 0.278. The van der Waals surface area contributed by atoms with E-state index in [1.54, 1.807) is 0 Å². The van der Waals surface area contributed by atoms with Gasteiger partial charge in [0.1, 0.15) is 6.61 Å². The number of carbonyl (C=O) groups is 1. The Balaban J connectivity index is 1.59. The number of nitrogens with one attached hydrogen (secondary N) is 1. The maximum Gasteiger partial charge on any atom is 0.416 e. The van der Waals surface area contributed by atoms with E-state index < -0.39 is 27.7 Å². The highest BCUT2D eigenvalue weighted by molar-refractivity contribution is 7.89. The Morgan fingerprint density at radius 2 is 1.63 bits per heavy atom. The molecule has 1 saturated carbocycles. The molecule has 0 spiro atoms. The van der Waals surface area contributed by atoms with Gasteiger partial charge >= 0.3 is 12.1 Å². The molecule has 1 N–H and O–H groups in total. The van der Waals surface area contributed by atoms with Crippen LogP contribution in [0.1, 0.15) is 34.3 Å². The average molecular weight is 399 g/mol. The van der Waals surface area contributed by atoms with Crippen LogP contribution in [0.3, 0.4) is 0 Å². The number of carbonyl (C=O) groups excluding carboxylic acids is 1. The van der Waals surface area contributed by atoms with E-state index in [-0.39, 0.29) is 23.1 Å². The Hall–Kier alpha value is -2.39. The van der Waals surface area contributed by atoms with Crippen LogP contribution in [0.5, 0.6) is 0 Å². The van der Waals surface area contributed by atoms with E-state index in [1.807, 2.05) is 0 Å². The van der Waals surface area contributed by atoms with E-state index in [4.69, 9.17) is 4.74 Å². The first-order valence-electron chi connectivity index (χ1n) is 8.11. The SMILES string of the molecule is O=C(OCc1ccc(C(F)(F)F)cc1)c1ccc(S(=O)(=O)NC2CC2)cc1. The minimum absolute atomic E-state index is 0.0247. The van der Waals surface area contributed by atoms with Crippen LogP contribution in [0, 0.1) is 0 Å². The van der Waals surface area contributed by atoms with Gasteiger partial charge in [0.05, 0.1) is 16.0 Å². The Kier molecular flexibility index (Phi) is 5.25. The number of rotatable bonds is 6. The fourth-order valence-corrected chi connectivity index (χ4v) is 3.59. The third kappa shape index (κ3) is 5.08. The number of ether oxygens (including phenoxy) is 1. The number of esters is 1. The van der Waals surface area contributed by atoms with Crippen molar-refractivity contribution in [1.82, 2.24) is 4.72 Å². The molecule has 0 aromatic heterocycles. The summed E-state index contributed by atoms with van der Waals surface area (Å²) >= 11 is 0. The highest BCUT2D eigenvalue weighted by atomic mass is 32.2. The van der Waals surface area contributed by atoms with E-state index in [0.717, 1.165) is 25.0 Å². The van der Waals surface area contributed by atoms with E-state index >= 15 is 0 Å². The van der Waals surface area contributed by atoms with Gasteiger partial charge in [0.2, 0.25) is 10.0 Å². The molecule has 1 aliphatic rings. The first kappa shape index (κ1) is 19.4. The predicted molar refractivity (Wildman–Crippen MR) is 90.3 cm³/mol. The van der Waals surface area contributed by atoms with E-state index in [2.05, 4.69) is 4.72 Å². The van der Waals surface area contributed by atoms with Crippen molar-refractivity contribution in [3.63, 3.8) is 0 Å². The van der Waals surface area contributed by atoms with Gasteiger partial charge in [-0.2, -0.15) is 13.2 Å². The van der Waals surface area contributed by atoms with E-state index in [9.17, 15) is 26.4 Å². The molecule has 0 bridgehead atoms. The summed E-state index contributed by atoms with van der Waals surface area (Å²) in [5, 5.41) is 0. The summed E-state index contributed by atoms with van der Waals surface area (Å²) in [5.74, 6) is -0.700. The summed E-state index contributed by atoms with van der Waals surface area (Å²) in [6.45, 7) is -0.194. The maximum absolute atomic E-state index is 12.5. The highest BCUT2D eigenvalue weighted by Crippen LogP contribution is 2.29. The number of hydrogen-bond donors (Lipinski definition) is 1. The molecule has 1 fully saturated rings. The lowest BCUT2D eigenvalue weighted by molar-refractivity contribution is -0.137. The first-order chi connectivity index (χ1) is 12.6. The molecule has 0 aliphatic heterocycles. The summed E-state index contributed by atoms with van der Waals surface area (Å²) < 4.78 is 69.3. The second kappa shape index (κ2) is 7.32. The molecule has 144 valence electrons. The van der Waals surface area contributed by atoms with Crippen molar-refractivity contribution in [2.45, 2.75) is 36.6 Å². The van der Waals surface area contributed by atoms with Gasteiger partial charge in [0, 0.05) is 6.04 Å². The van der Waals surface area contributed by atoms with Gasteiger partial charge < -0.3 is 4.74 Å². The van der Waals surface area contributed by atoms with Crippen molar-refractivity contribution in [3.8, 4) is 0 Å². The number of hydrogen-bond acceptors (Lipinski definition) is 4. The summed E-state index contributed by atoms with van der Waals surface area (Å²) in [7, 11) is -3.60. The van der Waals surface area contributed by atoms with Gasteiger partial charge in [0.15, 0.2) is 0 Å². The van der Waals surface area contributed by atoms with Crippen LogP contribution in [0.25, 0.3) is 0 Å². The largest absolute Gasteiger partial charge is 0.457 e. The Morgan fingerprint density at radius 1 is 1.04 bits per heavy atom. The monoisotopic (exact) mass is 399 g/mol. The van der Waals surface area contributed by atoms with Crippen molar-refractivity contribution < 1.29 is 31.1 Å². The van der Waals surface area contributed by atoms with Gasteiger partial charge in [0.25, 0.3) is 0 Å². The molecule has 0 unspecified atom stereocenters.